The van der Waals surface area contributed by atoms with Gasteiger partial charge in [0.05, 0.1) is 19.8 Å². The molecule has 0 fully saturated rings. The van der Waals surface area contributed by atoms with Gasteiger partial charge in [0.1, 0.15) is 11.5 Å². The van der Waals surface area contributed by atoms with Crippen molar-refractivity contribution in [3.63, 3.8) is 0 Å². The summed E-state index contributed by atoms with van der Waals surface area (Å²) in [5.41, 5.74) is 0. The molecule has 3 nitrogen and oxygen atoms in total. The summed E-state index contributed by atoms with van der Waals surface area (Å²) in [7, 11) is 1.65. The Balaban J connectivity index is 2.08. The SMILES string of the molecule is COc1ccc(OCCCCCCC#N)cc1. The average Bonchev–Trinajstić information content (AvgIpc) is 2.38. The van der Waals surface area contributed by atoms with E-state index in [0.717, 1.165) is 43.8 Å². The smallest absolute Gasteiger partial charge is 0.119 e. The molecule has 0 N–H and O–H groups in total. The monoisotopic (exact) mass is 233 g/mol. The van der Waals surface area contributed by atoms with Crippen molar-refractivity contribution in [3.8, 4) is 17.6 Å². The molecule has 92 valence electrons. The van der Waals surface area contributed by atoms with E-state index in [9.17, 15) is 0 Å². The minimum atomic E-state index is 0.666. The number of hydrogen-bond acceptors (Lipinski definition) is 3. The van der Waals surface area contributed by atoms with Crippen molar-refractivity contribution in [1.29, 1.82) is 5.26 Å². The predicted octanol–water partition coefficient (Wildman–Crippen LogP) is 3.55. The van der Waals surface area contributed by atoms with Crippen LogP contribution in [0.15, 0.2) is 24.3 Å². The van der Waals surface area contributed by atoms with E-state index in [4.69, 9.17) is 14.7 Å². The molecule has 0 amide bonds. The highest BCUT2D eigenvalue weighted by Gasteiger charge is 1.95. The van der Waals surface area contributed by atoms with Crippen molar-refractivity contribution in [3.05, 3.63) is 24.3 Å². The Labute approximate surface area is 103 Å². The molecular formula is C14H19NO2. The van der Waals surface area contributed by atoms with Gasteiger partial charge in [-0.25, -0.2) is 0 Å². The predicted molar refractivity (Wildman–Crippen MR) is 67.2 cm³/mol. The quantitative estimate of drug-likeness (QED) is 0.645. The van der Waals surface area contributed by atoms with Gasteiger partial charge in [-0.05, 0) is 37.1 Å². The van der Waals surface area contributed by atoms with Gasteiger partial charge in [0.25, 0.3) is 0 Å². The van der Waals surface area contributed by atoms with Gasteiger partial charge in [0.15, 0.2) is 0 Å². The molecule has 17 heavy (non-hydrogen) atoms. The molecule has 1 rings (SSSR count). The van der Waals surface area contributed by atoms with Crippen LogP contribution in [0.2, 0.25) is 0 Å². The third-order valence-corrected chi connectivity index (χ3v) is 2.51. The molecule has 3 heteroatoms. The Hall–Kier alpha value is -1.69. The molecule has 0 aromatic heterocycles. The average molecular weight is 233 g/mol. The molecule has 1 aromatic carbocycles. The van der Waals surface area contributed by atoms with Gasteiger partial charge < -0.3 is 9.47 Å². The number of hydrogen-bond donors (Lipinski definition) is 0. The van der Waals surface area contributed by atoms with E-state index in [2.05, 4.69) is 6.07 Å². The molecule has 0 radical (unpaired) electrons. The minimum Gasteiger partial charge on any atom is -0.497 e. The highest BCUT2D eigenvalue weighted by molar-refractivity contribution is 5.31. The Bertz CT molecular complexity index is 340. The van der Waals surface area contributed by atoms with Gasteiger partial charge in [-0.2, -0.15) is 5.26 Å². The molecule has 0 aliphatic rings. The first kappa shape index (κ1) is 13.4. The third-order valence-electron chi connectivity index (χ3n) is 2.51. The fourth-order valence-corrected chi connectivity index (χ4v) is 1.52. The van der Waals surface area contributed by atoms with E-state index in [0.29, 0.717) is 6.42 Å². The van der Waals surface area contributed by atoms with E-state index < -0.39 is 0 Å². The number of methoxy groups -OCH3 is 1. The number of nitriles is 1. The highest BCUT2D eigenvalue weighted by Crippen LogP contribution is 2.17. The first-order valence-corrected chi connectivity index (χ1v) is 6.00. The van der Waals surface area contributed by atoms with Gasteiger partial charge in [-0.15, -0.1) is 0 Å². The summed E-state index contributed by atoms with van der Waals surface area (Å²) in [6.45, 7) is 0.735. The number of ether oxygens (including phenoxy) is 2. The molecule has 0 heterocycles. The molecule has 0 atom stereocenters. The van der Waals surface area contributed by atoms with E-state index in [1.165, 1.54) is 0 Å². The van der Waals surface area contributed by atoms with Crippen molar-refractivity contribution in [1.82, 2.24) is 0 Å². The summed E-state index contributed by atoms with van der Waals surface area (Å²) in [6, 6.07) is 9.76. The second-order valence-corrected chi connectivity index (χ2v) is 3.85. The van der Waals surface area contributed by atoms with Crippen molar-refractivity contribution in [2.24, 2.45) is 0 Å². The van der Waals surface area contributed by atoms with Crippen LogP contribution in [-0.4, -0.2) is 13.7 Å². The number of rotatable bonds is 8. The maximum Gasteiger partial charge on any atom is 0.119 e. The molecule has 0 aliphatic carbocycles. The Kier molecular flexibility index (Phi) is 6.66. The lowest BCUT2D eigenvalue weighted by Gasteiger charge is -2.06. The Morgan fingerprint density at radius 1 is 1.00 bits per heavy atom. The second kappa shape index (κ2) is 8.46. The van der Waals surface area contributed by atoms with Crippen LogP contribution >= 0.6 is 0 Å². The lowest BCUT2D eigenvalue weighted by Crippen LogP contribution is -1.97. The molecule has 0 bridgehead atoms. The molecule has 0 saturated heterocycles. The van der Waals surface area contributed by atoms with Crippen LogP contribution < -0.4 is 9.47 Å². The van der Waals surface area contributed by atoms with Gasteiger partial charge in [-0.1, -0.05) is 12.8 Å². The van der Waals surface area contributed by atoms with E-state index >= 15 is 0 Å². The summed E-state index contributed by atoms with van der Waals surface area (Å²) in [5, 5.41) is 8.38. The van der Waals surface area contributed by atoms with Crippen LogP contribution in [0.4, 0.5) is 0 Å². The largest absolute Gasteiger partial charge is 0.497 e. The molecule has 0 spiro atoms. The summed E-state index contributed by atoms with van der Waals surface area (Å²) in [6.07, 6.45) is 4.94. The van der Waals surface area contributed by atoms with Crippen LogP contribution in [0.25, 0.3) is 0 Å². The van der Waals surface area contributed by atoms with Crippen LogP contribution in [-0.2, 0) is 0 Å². The van der Waals surface area contributed by atoms with Crippen LogP contribution in [0, 0.1) is 11.3 Å². The van der Waals surface area contributed by atoms with Gasteiger partial charge >= 0.3 is 0 Å². The number of unbranched alkanes of at least 4 members (excludes halogenated alkanes) is 4. The van der Waals surface area contributed by atoms with Crippen molar-refractivity contribution in [2.75, 3.05) is 13.7 Å². The maximum atomic E-state index is 8.38. The normalized spacial score (nSPS) is 9.65. The van der Waals surface area contributed by atoms with Gasteiger partial charge in [0.2, 0.25) is 0 Å². The zero-order chi connectivity index (χ0) is 12.3. The van der Waals surface area contributed by atoms with Crippen molar-refractivity contribution >= 4 is 0 Å². The van der Waals surface area contributed by atoms with E-state index in [-0.39, 0.29) is 0 Å². The first-order valence-electron chi connectivity index (χ1n) is 6.00. The van der Waals surface area contributed by atoms with Crippen LogP contribution in [0.1, 0.15) is 32.1 Å². The molecule has 0 saturated carbocycles. The van der Waals surface area contributed by atoms with E-state index in [1.807, 2.05) is 24.3 Å². The number of benzene rings is 1. The molecule has 1 aromatic rings. The third kappa shape index (κ3) is 5.82. The summed E-state index contributed by atoms with van der Waals surface area (Å²) in [4.78, 5) is 0. The zero-order valence-electron chi connectivity index (χ0n) is 10.3. The van der Waals surface area contributed by atoms with Crippen molar-refractivity contribution in [2.45, 2.75) is 32.1 Å². The fourth-order valence-electron chi connectivity index (χ4n) is 1.52. The lowest BCUT2D eigenvalue weighted by molar-refractivity contribution is 0.304. The van der Waals surface area contributed by atoms with Crippen molar-refractivity contribution < 1.29 is 9.47 Å². The molecular weight excluding hydrogens is 214 g/mol. The topological polar surface area (TPSA) is 42.2 Å². The highest BCUT2D eigenvalue weighted by atomic mass is 16.5. The molecule has 0 unspecified atom stereocenters. The van der Waals surface area contributed by atoms with Crippen LogP contribution in [0.3, 0.4) is 0 Å². The minimum absolute atomic E-state index is 0.666. The zero-order valence-corrected chi connectivity index (χ0v) is 10.3. The fraction of sp³-hybridized carbons (Fsp3) is 0.500. The molecule has 0 aliphatic heterocycles. The second-order valence-electron chi connectivity index (χ2n) is 3.85. The van der Waals surface area contributed by atoms with Crippen LogP contribution in [0.5, 0.6) is 11.5 Å². The summed E-state index contributed by atoms with van der Waals surface area (Å²) >= 11 is 0. The summed E-state index contributed by atoms with van der Waals surface area (Å²) < 4.78 is 10.7. The summed E-state index contributed by atoms with van der Waals surface area (Å²) in [5.74, 6) is 1.72. The lowest BCUT2D eigenvalue weighted by atomic mass is 10.2. The standard InChI is InChI=1S/C14H19NO2/c1-16-13-7-9-14(10-8-13)17-12-6-4-2-3-5-11-15/h7-10H,2-6,12H2,1H3. The Morgan fingerprint density at radius 3 is 2.29 bits per heavy atom. The van der Waals surface area contributed by atoms with Gasteiger partial charge in [-0.3, -0.25) is 0 Å². The van der Waals surface area contributed by atoms with Gasteiger partial charge in [0, 0.05) is 6.42 Å². The maximum absolute atomic E-state index is 8.38. The first-order chi connectivity index (χ1) is 8.36. The Morgan fingerprint density at radius 2 is 1.65 bits per heavy atom. The number of nitrogens with zero attached hydrogens (tertiary/aromatic N) is 1. The van der Waals surface area contributed by atoms with E-state index in [1.54, 1.807) is 7.11 Å².